The fraction of sp³-hybridized carbons (Fsp3) is 0.214. The first-order valence-electron chi connectivity index (χ1n) is 11.8. The third kappa shape index (κ3) is 5.08. The summed E-state index contributed by atoms with van der Waals surface area (Å²) in [6.07, 6.45) is -0.00423. The van der Waals surface area contributed by atoms with E-state index in [1.54, 1.807) is 31.4 Å². The van der Waals surface area contributed by atoms with Crippen LogP contribution in [-0.2, 0) is 41.0 Å². The van der Waals surface area contributed by atoms with Gasteiger partial charge in [-0.05, 0) is 47.2 Å². The van der Waals surface area contributed by atoms with Gasteiger partial charge in [-0.1, -0.05) is 42.5 Å². The monoisotopic (exact) mass is 531 g/mol. The number of esters is 1. The van der Waals surface area contributed by atoms with Gasteiger partial charge in [-0.2, -0.15) is 0 Å². The minimum absolute atomic E-state index is 0.00423. The number of aryl methyl sites for hydroxylation is 1. The Labute approximate surface area is 223 Å². The summed E-state index contributed by atoms with van der Waals surface area (Å²) in [4.78, 5) is 42.5. The summed E-state index contributed by atoms with van der Waals surface area (Å²) < 4.78 is 16.9. The van der Waals surface area contributed by atoms with Crippen molar-refractivity contribution in [2.24, 2.45) is 7.05 Å². The van der Waals surface area contributed by atoms with Crippen molar-refractivity contribution in [1.29, 1.82) is 0 Å². The molecule has 4 aromatic rings. The van der Waals surface area contributed by atoms with Crippen molar-refractivity contribution >= 4 is 39.9 Å². The van der Waals surface area contributed by atoms with Crippen LogP contribution in [0.4, 0.5) is 4.79 Å². The quantitative estimate of drug-likeness (QED) is 0.253. The molecule has 194 valence electrons. The Morgan fingerprint density at radius 1 is 0.974 bits per heavy atom. The lowest BCUT2D eigenvalue weighted by atomic mass is 9.97. The smallest absolute Gasteiger partial charge is 0.333 e. The summed E-state index contributed by atoms with van der Waals surface area (Å²) in [7, 11) is 3.54. The van der Waals surface area contributed by atoms with Crippen LogP contribution in [0.1, 0.15) is 17.0 Å². The second kappa shape index (κ2) is 10.6. The van der Waals surface area contributed by atoms with Crippen LogP contribution in [0.25, 0.3) is 11.0 Å². The first kappa shape index (κ1) is 25.3. The number of carbonyl (C=O) groups is 3. The standard InChI is InChI=1S/C28H25N3O6S/c1-31-23-14-21(35-2)12-13-22(23)29-24(31)17-36-20-10-8-18(9-11-20)15-28(25(32)30-27(34)38-28)26(33)37-16-19-6-4-3-5-7-19/h3-14H,15-17H2,1-2H3,(H,30,32,34). The van der Waals surface area contributed by atoms with E-state index in [0.717, 1.165) is 28.2 Å². The second-order valence-electron chi connectivity index (χ2n) is 8.78. The zero-order valence-corrected chi connectivity index (χ0v) is 21.6. The van der Waals surface area contributed by atoms with Gasteiger partial charge in [0.2, 0.25) is 4.75 Å². The molecule has 9 nitrogen and oxygen atoms in total. The maximum absolute atomic E-state index is 13.1. The largest absolute Gasteiger partial charge is 0.497 e. The molecule has 2 heterocycles. The van der Waals surface area contributed by atoms with E-state index < -0.39 is 21.9 Å². The number of nitrogens with zero attached hydrogens (tertiary/aromatic N) is 2. The van der Waals surface area contributed by atoms with E-state index in [4.69, 9.17) is 14.2 Å². The maximum Gasteiger partial charge on any atom is 0.333 e. The molecule has 0 bridgehead atoms. The molecule has 1 N–H and O–H groups in total. The molecule has 0 saturated carbocycles. The number of imide groups is 1. The van der Waals surface area contributed by atoms with Crippen LogP contribution in [0, 0.1) is 0 Å². The van der Waals surface area contributed by atoms with Crippen molar-refractivity contribution in [3.05, 3.63) is 89.7 Å². The Kier molecular flexibility index (Phi) is 7.06. The number of amides is 2. The summed E-state index contributed by atoms with van der Waals surface area (Å²) in [5.74, 6) is 0.660. The highest BCUT2D eigenvalue weighted by atomic mass is 32.2. The van der Waals surface area contributed by atoms with Gasteiger partial charge in [0.15, 0.2) is 0 Å². The first-order chi connectivity index (χ1) is 18.4. The van der Waals surface area contributed by atoms with Crippen molar-refractivity contribution in [3.8, 4) is 11.5 Å². The molecule has 38 heavy (non-hydrogen) atoms. The molecule has 10 heteroatoms. The minimum Gasteiger partial charge on any atom is -0.497 e. The molecule has 1 aliphatic rings. The van der Waals surface area contributed by atoms with Gasteiger partial charge in [0, 0.05) is 19.5 Å². The van der Waals surface area contributed by atoms with E-state index in [0.29, 0.717) is 23.1 Å². The average Bonchev–Trinajstić information content (AvgIpc) is 3.41. The highest BCUT2D eigenvalue weighted by Gasteiger charge is 2.55. The molecule has 5 rings (SSSR count). The topological polar surface area (TPSA) is 109 Å². The number of imidazole rings is 1. The lowest BCUT2D eigenvalue weighted by Gasteiger charge is -2.22. The minimum atomic E-state index is -1.69. The number of carbonyl (C=O) groups excluding carboxylic acids is 3. The first-order valence-corrected chi connectivity index (χ1v) is 12.7. The molecule has 1 aromatic heterocycles. The van der Waals surface area contributed by atoms with Crippen LogP contribution in [0.2, 0.25) is 0 Å². The molecular weight excluding hydrogens is 506 g/mol. The average molecular weight is 532 g/mol. The Morgan fingerprint density at radius 3 is 2.39 bits per heavy atom. The van der Waals surface area contributed by atoms with Gasteiger partial charge in [-0.15, -0.1) is 0 Å². The third-order valence-electron chi connectivity index (χ3n) is 6.32. The molecule has 1 fully saturated rings. The predicted octanol–water partition coefficient (Wildman–Crippen LogP) is 4.17. The van der Waals surface area contributed by atoms with Crippen LogP contribution < -0.4 is 14.8 Å². The van der Waals surface area contributed by atoms with E-state index in [-0.39, 0.29) is 19.6 Å². The number of nitrogens with one attached hydrogen (secondary N) is 1. The molecular formula is C28H25N3O6S. The molecule has 1 unspecified atom stereocenters. The number of thioether (sulfide) groups is 1. The van der Waals surface area contributed by atoms with E-state index in [2.05, 4.69) is 10.3 Å². The lowest BCUT2D eigenvalue weighted by molar-refractivity contribution is -0.150. The summed E-state index contributed by atoms with van der Waals surface area (Å²) >= 11 is 0.652. The molecule has 1 aliphatic heterocycles. The summed E-state index contributed by atoms with van der Waals surface area (Å²) in [6.45, 7) is 0.251. The Balaban J connectivity index is 1.27. The third-order valence-corrected chi connectivity index (χ3v) is 7.45. The SMILES string of the molecule is COc1ccc2nc(COc3ccc(CC4(C(=O)OCc5ccccc5)SC(=O)NC4=O)cc3)n(C)c2c1. The molecule has 1 atom stereocenters. The van der Waals surface area contributed by atoms with E-state index in [1.807, 2.05) is 60.1 Å². The van der Waals surface area contributed by atoms with Crippen molar-refractivity contribution in [2.75, 3.05) is 7.11 Å². The summed E-state index contributed by atoms with van der Waals surface area (Å²) in [5.41, 5.74) is 3.24. The molecule has 0 radical (unpaired) electrons. The Bertz CT molecular complexity index is 1500. The summed E-state index contributed by atoms with van der Waals surface area (Å²) in [5, 5.41) is 1.65. The summed E-state index contributed by atoms with van der Waals surface area (Å²) in [6, 6.07) is 21.9. The van der Waals surface area contributed by atoms with Gasteiger partial charge in [0.25, 0.3) is 11.1 Å². The Morgan fingerprint density at radius 2 is 1.71 bits per heavy atom. The van der Waals surface area contributed by atoms with Crippen LogP contribution in [0.15, 0.2) is 72.8 Å². The normalized spacial score (nSPS) is 16.9. The number of hydrogen-bond donors (Lipinski definition) is 1. The van der Waals surface area contributed by atoms with Gasteiger partial charge in [0.05, 0.1) is 18.1 Å². The van der Waals surface area contributed by atoms with Crippen molar-refractivity contribution in [3.63, 3.8) is 0 Å². The molecule has 1 saturated heterocycles. The Hall–Kier alpha value is -4.31. The van der Waals surface area contributed by atoms with Gasteiger partial charge in [0.1, 0.15) is 30.5 Å². The zero-order chi connectivity index (χ0) is 26.7. The molecule has 0 spiro atoms. The second-order valence-corrected chi connectivity index (χ2v) is 10.1. The van der Waals surface area contributed by atoms with Crippen LogP contribution in [-0.4, -0.2) is 38.5 Å². The van der Waals surface area contributed by atoms with Gasteiger partial charge in [-0.3, -0.25) is 14.9 Å². The van der Waals surface area contributed by atoms with E-state index >= 15 is 0 Å². The lowest BCUT2D eigenvalue weighted by Crippen LogP contribution is -2.46. The number of ether oxygens (including phenoxy) is 3. The number of aromatic nitrogens is 2. The number of methoxy groups -OCH3 is 1. The zero-order valence-electron chi connectivity index (χ0n) is 20.8. The van der Waals surface area contributed by atoms with Crippen LogP contribution in [0.5, 0.6) is 11.5 Å². The van der Waals surface area contributed by atoms with Gasteiger partial charge in [-0.25, -0.2) is 9.78 Å². The van der Waals surface area contributed by atoms with Crippen LogP contribution >= 0.6 is 11.8 Å². The fourth-order valence-corrected chi connectivity index (χ4v) is 5.19. The van der Waals surface area contributed by atoms with Crippen LogP contribution in [0.3, 0.4) is 0 Å². The molecule has 3 aromatic carbocycles. The number of hydrogen-bond acceptors (Lipinski definition) is 8. The number of fused-ring (bicyclic) bond motifs is 1. The van der Waals surface area contributed by atoms with E-state index in [1.165, 1.54) is 0 Å². The van der Waals surface area contributed by atoms with Gasteiger partial charge < -0.3 is 18.8 Å². The fourth-order valence-electron chi connectivity index (χ4n) is 4.20. The molecule has 0 aliphatic carbocycles. The highest BCUT2D eigenvalue weighted by Crippen LogP contribution is 2.37. The maximum atomic E-state index is 13.1. The van der Waals surface area contributed by atoms with Crippen molar-refractivity contribution in [2.45, 2.75) is 24.4 Å². The molecule has 2 amide bonds. The van der Waals surface area contributed by atoms with E-state index in [9.17, 15) is 14.4 Å². The van der Waals surface area contributed by atoms with Gasteiger partial charge >= 0.3 is 5.97 Å². The van der Waals surface area contributed by atoms with Crippen molar-refractivity contribution < 1.29 is 28.6 Å². The predicted molar refractivity (Wildman–Crippen MR) is 142 cm³/mol. The van der Waals surface area contributed by atoms with Crippen molar-refractivity contribution in [1.82, 2.24) is 14.9 Å². The number of benzene rings is 3. The highest BCUT2D eigenvalue weighted by molar-refractivity contribution is 8.16. The number of rotatable bonds is 9.